The minimum absolute atomic E-state index is 0.187. The fourth-order valence-electron chi connectivity index (χ4n) is 6.41. The van der Waals surface area contributed by atoms with Crippen molar-refractivity contribution < 1.29 is 14.4 Å². The molecule has 214 valence electrons. The SMILES string of the molecule is O=C(NCc1ccccc1Cl)[C@H](Cc1ccccc1)NC(=O)[C@@H]1Cc2c([nH]c3ccccc23)[C@@H]2c3ccccc3C(=O)N21. The van der Waals surface area contributed by atoms with Crippen LogP contribution in [0.25, 0.3) is 10.9 Å². The minimum Gasteiger partial charge on any atom is -0.356 e. The number of benzene rings is 4. The summed E-state index contributed by atoms with van der Waals surface area (Å²) in [6, 6.07) is 30.3. The molecule has 3 atom stereocenters. The van der Waals surface area contributed by atoms with E-state index in [1.54, 1.807) is 11.0 Å². The molecule has 0 radical (unpaired) electrons. The first-order valence-electron chi connectivity index (χ1n) is 14.4. The second kappa shape index (κ2) is 11.1. The highest BCUT2D eigenvalue weighted by atomic mass is 35.5. The van der Waals surface area contributed by atoms with Gasteiger partial charge in [-0.05, 0) is 40.5 Å². The lowest BCUT2D eigenvalue weighted by molar-refractivity contribution is -0.132. The number of aromatic amines is 1. The molecular weight excluding hydrogens is 560 g/mol. The molecule has 0 saturated heterocycles. The summed E-state index contributed by atoms with van der Waals surface area (Å²) in [5.74, 6) is -0.878. The van der Waals surface area contributed by atoms with Gasteiger partial charge in [0.05, 0.1) is 6.04 Å². The van der Waals surface area contributed by atoms with Crippen LogP contribution in [-0.2, 0) is 29.0 Å². The van der Waals surface area contributed by atoms with E-state index in [2.05, 4.69) is 15.6 Å². The molecule has 8 heteroatoms. The van der Waals surface area contributed by atoms with Crippen LogP contribution in [0.3, 0.4) is 0 Å². The molecule has 7 nitrogen and oxygen atoms in total. The van der Waals surface area contributed by atoms with E-state index < -0.39 is 18.1 Å². The molecule has 5 aromatic rings. The van der Waals surface area contributed by atoms with Gasteiger partial charge in [-0.15, -0.1) is 0 Å². The third kappa shape index (κ3) is 4.85. The van der Waals surface area contributed by atoms with Crippen molar-refractivity contribution in [1.82, 2.24) is 20.5 Å². The van der Waals surface area contributed by atoms with Crippen molar-refractivity contribution >= 4 is 40.2 Å². The maximum Gasteiger partial charge on any atom is 0.255 e. The largest absolute Gasteiger partial charge is 0.356 e. The van der Waals surface area contributed by atoms with Gasteiger partial charge < -0.3 is 20.5 Å². The highest BCUT2D eigenvalue weighted by Crippen LogP contribution is 2.46. The Kier molecular flexibility index (Phi) is 6.95. The number of carbonyl (C=O) groups excluding carboxylic acids is 3. The number of nitrogens with one attached hydrogen (secondary N) is 3. The molecule has 2 aliphatic rings. The van der Waals surface area contributed by atoms with Gasteiger partial charge in [-0.3, -0.25) is 14.4 Å². The summed E-state index contributed by atoms with van der Waals surface area (Å²) in [5.41, 5.74) is 6.07. The summed E-state index contributed by atoms with van der Waals surface area (Å²) < 4.78 is 0. The first-order chi connectivity index (χ1) is 21.0. The molecule has 0 bridgehead atoms. The van der Waals surface area contributed by atoms with E-state index >= 15 is 0 Å². The number of hydrogen-bond donors (Lipinski definition) is 3. The molecule has 0 aliphatic carbocycles. The molecule has 3 amide bonds. The van der Waals surface area contributed by atoms with Gasteiger partial charge in [-0.1, -0.05) is 96.5 Å². The van der Waals surface area contributed by atoms with E-state index in [1.165, 1.54) is 0 Å². The van der Waals surface area contributed by atoms with Gasteiger partial charge in [0, 0.05) is 46.6 Å². The third-order valence-corrected chi connectivity index (χ3v) is 8.85. The van der Waals surface area contributed by atoms with Crippen LogP contribution in [0.15, 0.2) is 103 Å². The molecule has 2 aliphatic heterocycles. The van der Waals surface area contributed by atoms with Gasteiger partial charge in [0.1, 0.15) is 12.1 Å². The van der Waals surface area contributed by atoms with Crippen LogP contribution in [0.2, 0.25) is 5.02 Å². The van der Waals surface area contributed by atoms with E-state index in [4.69, 9.17) is 11.6 Å². The number of aromatic nitrogens is 1. The van der Waals surface area contributed by atoms with Gasteiger partial charge in [0.25, 0.3) is 5.91 Å². The van der Waals surface area contributed by atoms with Crippen LogP contribution >= 0.6 is 11.6 Å². The smallest absolute Gasteiger partial charge is 0.255 e. The van der Waals surface area contributed by atoms with Gasteiger partial charge >= 0.3 is 0 Å². The van der Waals surface area contributed by atoms with E-state index in [0.717, 1.165) is 38.9 Å². The molecule has 3 heterocycles. The second-order valence-electron chi connectivity index (χ2n) is 11.0. The van der Waals surface area contributed by atoms with E-state index in [9.17, 15) is 14.4 Å². The average Bonchev–Trinajstić information content (AvgIpc) is 3.55. The van der Waals surface area contributed by atoms with Crippen molar-refractivity contribution in [3.8, 4) is 0 Å². The number of fused-ring (bicyclic) bond motifs is 7. The maximum atomic E-state index is 14.2. The van der Waals surface area contributed by atoms with Crippen LogP contribution in [0, 0.1) is 0 Å². The Labute approximate surface area is 253 Å². The van der Waals surface area contributed by atoms with Gasteiger partial charge in [0.15, 0.2) is 0 Å². The van der Waals surface area contributed by atoms with E-state index in [0.29, 0.717) is 23.4 Å². The Morgan fingerprint density at radius 1 is 0.907 bits per heavy atom. The third-order valence-electron chi connectivity index (χ3n) is 8.48. The van der Waals surface area contributed by atoms with Crippen LogP contribution in [0.1, 0.15) is 44.3 Å². The summed E-state index contributed by atoms with van der Waals surface area (Å²) in [7, 11) is 0. The minimum atomic E-state index is -0.861. The summed E-state index contributed by atoms with van der Waals surface area (Å²) in [6.07, 6.45) is 0.629. The molecule has 7 rings (SSSR count). The summed E-state index contributed by atoms with van der Waals surface area (Å²) in [5, 5.41) is 7.57. The van der Waals surface area contributed by atoms with Gasteiger partial charge in [-0.2, -0.15) is 0 Å². The zero-order valence-electron chi connectivity index (χ0n) is 23.2. The average molecular weight is 589 g/mol. The van der Waals surface area contributed by atoms with Crippen LogP contribution in [0.4, 0.5) is 0 Å². The number of nitrogens with zero attached hydrogens (tertiary/aromatic N) is 1. The van der Waals surface area contributed by atoms with Crippen LogP contribution in [0.5, 0.6) is 0 Å². The molecule has 0 saturated carbocycles. The highest BCUT2D eigenvalue weighted by molar-refractivity contribution is 6.31. The number of rotatable bonds is 7. The molecule has 4 aromatic carbocycles. The summed E-state index contributed by atoms with van der Waals surface area (Å²) >= 11 is 6.32. The predicted octanol–water partition coefficient (Wildman–Crippen LogP) is 5.34. The van der Waals surface area contributed by atoms with Crippen molar-refractivity contribution in [2.24, 2.45) is 0 Å². The molecule has 0 unspecified atom stereocenters. The summed E-state index contributed by atoms with van der Waals surface area (Å²) in [6.45, 7) is 0.226. The maximum absolute atomic E-state index is 14.2. The predicted molar refractivity (Wildman–Crippen MR) is 166 cm³/mol. The van der Waals surface area contributed by atoms with Gasteiger partial charge in [-0.25, -0.2) is 0 Å². The molecule has 1 aromatic heterocycles. The van der Waals surface area contributed by atoms with Gasteiger partial charge in [0.2, 0.25) is 11.8 Å². The number of amides is 3. The normalized spacial score (nSPS) is 17.6. The Bertz CT molecular complexity index is 1870. The molecule has 0 spiro atoms. The van der Waals surface area contributed by atoms with Crippen molar-refractivity contribution in [2.75, 3.05) is 0 Å². The number of halogens is 1. The van der Waals surface area contributed by atoms with Crippen molar-refractivity contribution in [1.29, 1.82) is 0 Å². The first kappa shape index (κ1) is 27.0. The number of hydrogen-bond acceptors (Lipinski definition) is 3. The second-order valence-corrected chi connectivity index (χ2v) is 11.5. The van der Waals surface area contributed by atoms with Crippen molar-refractivity contribution in [3.05, 3.63) is 142 Å². The Morgan fingerprint density at radius 3 is 2.47 bits per heavy atom. The zero-order valence-corrected chi connectivity index (χ0v) is 24.0. The Balaban J connectivity index is 1.21. The first-order valence-corrected chi connectivity index (χ1v) is 14.7. The van der Waals surface area contributed by atoms with Crippen LogP contribution in [-0.4, -0.2) is 39.7 Å². The molecule has 43 heavy (non-hydrogen) atoms. The molecule has 0 fully saturated rings. The highest BCUT2D eigenvalue weighted by Gasteiger charge is 2.49. The Hall–Kier alpha value is -4.88. The lowest BCUT2D eigenvalue weighted by Crippen LogP contribution is -2.57. The number of carbonyl (C=O) groups is 3. The number of para-hydroxylation sites is 1. The molecule has 3 N–H and O–H groups in total. The zero-order chi connectivity index (χ0) is 29.5. The van der Waals surface area contributed by atoms with E-state index in [-0.39, 0.29) is 24.3 Å². The van der Waals surface area contributed by atoms with Crippen molar-refractivity contribution in [2.45, 2.75) is 37.5 Å². The topological polar surface area (TPSA) is 94.3 Å². The molecular formula is C35H29ClN4O3. The fourth-order valence-corrected chi connectivity index (χ4v) is 6.61. The van der Waals surface area contributed by atoms with E-state index in [1.807, 2.05) is 97.1 Å². The summed E-state index contributed by atoms with van der Waals surface area (Å²) in [4.78, 5) is 46.8. The van der Waals surface area contributed by atoms with Crippen LogP contribution < -0.4 is 10.6 Å². The quantitative estimate of drug-likeness (QED) is 0.240. The lowest BCUT2D eigenvalue weighted by Gasteiger charge is -2.37. The number of H-pyrrole nitrogens is 1. The van der Waals surface area contributed by atoms with Crippen molar-refractivity contribution in [3.63, 3.8) is 0 Å². The monoisotopic (exact) mass is 588 g/mol. The standard InChI is InChI=1S/C35H29ClN4O3/c36-27-16-8-4-12-22(27)20-37-33(41)29(18-21-10-2-1-3-11-21)39-34(42)30-19-26-23-13-7-9-17-28(23)38-31(26)32-24-14-5-6-15-25(24)35(43)40(30)32/h1-17,29-30,32,38H,18-20H2,(H,37,41)(H,39,42)/t29-,30-,32-/m0/s1. The Morgan fingerprint density at radius 2 is 1.63 bits per heavy atom. The lowest BCUT2D eigenvalue weighted by atomic mass is 9.89. The fraction of sp³-hybridized carbons (Fsp3) is 0.171.